The Kier molecular flexibility index (Phi) is 2.59. The number of thiazole rings is 1. The molecule has 2 aromatic rings. The van der Waals surface area contributed by atoms with Gasteiger partial charge in [-0.05, 0) is 6.92 Å². The molecule has 0 saturated heterocycles. The van der Waals surface area contributed by atoms with E-state index in [0.717, 1.165) is 5.01 Å². The average Bonchev–Trinajstić information content (AvgIpc) is 2.75. The van der Waals surface area contributed by atoms with Crippen molar-refractivity contribution in [1.82, 2.24) is 20.0 Å². The lowest BCUT2D eigenvalue weighted by molar-refractivity contribution is 0.0995. The summed E-state index contributed by atoms with van der Waals surface area (Å²) in [6.07, 6.45) is 3.64. The van der Waals surface area contributed by atoms with Crippen molar-refractivity contribution >= 4 is 17.1 Å². The maximum atomic E-state index is 11.7. The first kappa shape index (κ1) is 9.97. The minimum Gasteiger partial charge on any atom is -0.293 e. The van der Waals surface area contributed by atoms with Gasteiger partial charge in [0.25, 0.3) is 0 Å². The molecule has 6 heteroatoms. The number of hydrogen-bond acceptors (Lipinski definition) is 5. The van der Waals surface area contributed by atoms with Gasteiger partial charge in [0.2, 0.25) is 0 Å². The molecule has 0 bridgehead atoms. The summed E-state index contributed by atoms with van der Waals surface area (Å²) >= 11 is 1.41. The van der Waals surface area contributed by atoms with Crippen molar-refractivity contribution in [2.24, 2.45) is 7.05 Å². The van der Waals surface area contributed by atoms with Crippen LogP contribution in [0.25, 0.3) is 0 Å². The summed E-state index contributed by atoms with van der Waals surface area (Å²) in [7, 11) is 1.78. The minimum absolute atomic E-state index is 0.0427. The van der Waals surface area contributed by atoms with Crippen molar-refractivity contribution in [3.05, 3.63) is 28.0 Å². The quantitative estimate of drug-likeness (QED) is 0.727. The zero-order valence-corrected chi connectivity index (χ0v) is 9.28. The van der Waals surface area contributed by atoms with Crippen molar-refractivity contribution in [1.29, 1.82) is 0 Å². The van der Waals surface area contributed by atoms with E-state index in [1.165, 1.54) is 11.3 Å². The predicted octanol–water partition coefficient (Wildman–Crippen LogP) is 1.01. The first-order valence-corrected chi connectivity index (χ1v) is 5.27. The lowest BCUT2D eigenvalue weighted by atomic mass is 10.2. The van der Waals surface area contributed by atoms with Gasteiger partial charge in [0, 0.05) is 19.4 Å². The monoisotopic (exact) mass is 222 g/mol. The maximum Gasteiger partial charge on any atom is 0.180 e. The maximum absolute atomic E-state index is 11.7. The first-order chi connectivity index (χ1) is 7.15. The lowest BCUT2D eigenvalue weighted by Gasteiger charge is -1.91. The van der Waals surface area contributed by atoms with Crippen molar-refractivity contribution < 1.29 is 4.79 Å². The summed E-state index contributed by atoms with van der Waals surface area (Å²) in [5.41, 5.74) is 0.688. The highest BCUT2D eigenvalue weighted by molar-refractivity contribution is 7.13. The number of aryl methyl sites for hydroxylation is 2. The molecular formula is C9H10N4OS. The number of ketones is 1. The van der Waals surface area contributed by atoms with E-state index in [1.807, 2.05) is 6.92 Å². The fraction of sp³-hybridized carbons (Fsp3) is 0.333. The van der Waals surface area contributed by atoms with E-state index < -0.39 is 0 Å². The molecule has 2 heterocycles. The second kappa shape index (κ2) is 3.90. The molecule has 15 heavy (non-hydrogen) atoms. The van der Waals surface area contributed by atoms with Gasteiger partial charge in [-0.25, -0.2) is 4.98 Å². The summed E-state index contributed by atoms with van der Waals surface area (Å²) in [6.45, 7) is 1.88. The minimum atomic E-state index is 0.0427. The second-order valence-corrected chi connectivity index (χ2v) is 4.46. The molecule has 0 amide bonds. The first-order valence-electron chi connectivity index (χ1n) is 4.46. The molecule has 0 aliphatic carbocycles. The van der Waals surface area contributed by atoms with E-state index in [1.54, 1.807) is 24.1 Å². The lowest BCUT2D eigenvalue weighted by Crippen LogP contribution is -2.01. The third-order valence-corrected chi connectivity index (χ3v) is 2.84. The highest BCUT2D eigenvalue weighted by atomic mass is 32.1. The van der Waals surface area contributed by atoms with Crippen LogP contribution in [0.1, 0.15) is 20.4 Å². The van der Waals surface area contributed by atoms with Gasteiger partial charge in [0.15, 0.2) is 5.78 Å². The van der Waals surface area contributed by atoms with Gasteiger partial charge < -0.3 is 0 Å². The van der Waals surface area contributed by atoms with Crippen LogP contribution in [0, 0.1) is 6.92 Å². The molecule has 0 aromatic carbocycles. The van der Waals surface area contributed by atoms with E-state index >= 15 is 0 Å². The SMILES string of the molecule is Cc1ncc(C(=O)Cc2cn(C)nn2)s1. The standard InChI is InChI=1S/C9H10N4OS/c1-6-10-4-9(15-6)8(14)3-7-5-13(2)12-11-7/h4-5H,3H2,1-2H3. The fourth-order valence-corrected chi connectivity index (χ4v) is 1.93. The highest BCUT2D eigenvalue weighted by Crippen LogP contribution is 2.13. The Morgan fingerprint density at radius 3 is 2.93 bits per heavy atom. The van der Waals surface area contributed by atoms with Crippen LogP contribution in [-0.2, 0) is 13.5 Å². The number of Topliss-reactive ketones (excluding diaryl/α,β-unsaturated/α-hetero) is 1. The molecule has 0 spiro atoms. The highest BCUT2D eigenvalue weighted by Gasteiger charge is 2.11. The number of nitrogens with zero attached hydrogens (tertiary/aromatic N) is 4. The van der Waals surface area contributed by atoms with Crippen LogP contribution in [0.4, 0.5) is 0 Å². The molecule has 0 aliphatic rings. The smallest absolute Gasteiger partial charge is 0.180 e. The van der Waals surface area contributed by atoms with Crippen LogP contribution in [0.5, 0.6) is 0 Å². The Morgan fingerprint density at radius 2 is 2.40 bits per heavy atom. The van der Waals surface area contributed by atoms with Crippen molar-refractivity contribution in [3.8, 4) is 0 Å². The third-order valence-electron chi connectivity index (χ3n) is 1.89. The van der Waals surface area contributed by atoms with Gasteiger partial charge in [0.1, 0.15) is 0 Å². The second-order valence-electron chi connectivity index (χ2n) is 3.23. The van der Waals surface area contributed by atoms with Crippen molar-refractivity contribution in [2.75, 3.05) is 0 Å². The molecule has 78 valence electrons. The van der Waals surface area contributed by atoms with Crippen molar-refractivity contribution in [2.45, 2.75) is 13.3 Å². The summed E-state index contributed by atoms with van der Waals surface area (Å²) in [6, 6.07) is 0. The molecule has 0 fully saturated rings. The molecule has 2 rings (SSSR count). The molecule has 0 atom stereocenters. The van der Waals surface area contributed by atoms with Crippen molar-refractivity contribution in [3.63, 3.8) is 0 Å². The van der Waals surface area contributed by atoms with Gasteiger partial charge in [-0.15, -0.1) is 16.4 Å². The molecule has 0 radical (unpaired) electrons. The van der Waals surface area contributed by atoms with Crippen LogP contribution in [0.15, 0.2) is 12.4 Å². The average molecular weight is 222 g/mol. The molecule has 0 saturated carbocycles. The summed E-state index contributed by atoms with van der Waals surface area (Å²) in [5, 5.41) is 8.54. The Bertz CT molecular complexity index is 488. The number of rotatable bonds is 3. The molecule has 0 N–H and O–H groups in total. The zero-order valence-electron chi connectivity index (χ0n) is 8.47. The Hall–Kier alpha value is -1.56. The van der Waals surface area contributed by atoms with E-state index in [0.29, 0.717) is 10.6 Å². The fourth-order valence-electron chi connectivity index (χ4n) is 1.22. The summed E-state index contributed by atoms with van der Waals surface area (Å²) in [5.74, 6) is 0.0427. The largest absolute Gasteiger partial charge is 0.293 e. The predicted molar refractivity (Wildman–Crippen MR) is 55.9 cm³/mol. The van der Waals surface area contributed by atoms with Crippen LogP contribution in [0.2, 0.25) is 0 Å². The number of carbonyl (C=O) groups is 1. The van der Waals surface area contributed by atoms with Gasteiger partial charge in [0.05, 0.1) is 22.0 Å². The molecular weight excluding hydrogens is 212 g/mol. The number of aromatic nitrogens is 4. The summed E-state index contributed by atoms with van der Waals surface area (Å²) in [4.78, 5) is 16.4. The van der Waals surface area contributed by atoms with Gasteiger partial charge in [-0.3, -0.25) is 9.48 Å². The number of carbonyl (C=O) groups excluding carboxylic acids is 1. The van der Waals surface area contributed by atoms with E-state index in [-0.39, 0.29) is 12.2 Å². The normalized spacial score (nSPS) is 10.5. The Labute approximate surface area is 90.8 Å². The molecule has 2 aromatic heterocycles. The molecule has 5 nitrogen and oxygen atoms in total. The molecule has 0 unspecified atom stereocenters. The zero-order chi connectivity index (χ0) is 10.8. The van der Waals surface area contributed by atoms with E-state index in [9.17, 15) is 4.79 Å². The summed E-state index contributed by atoms with van der Waals surface area (Å²) < 4.78 is 1.58. The van der Waals surface area contributed by atoms with Gasteiger partial charge >= 0.3 is 0 Å². The molecule has 0 aliphatic heterocycles. The van der Waals surface area contributed by atoms with Crippen LogP contribution in [-0.4, -0.2) is 25.8 Å². The van der Waals surface area contributed by atoms with E-state index in [4.69, 9.17) is 0 Å². The van der Waals surface area contributed by atoms with Gasteiger partial charge in [-0.2, -0.15) is 0 Å². The Balaban J connectivity index is 2.10. The number of hydrogen-bond donors (Lipinski definition) is 0. The van der Waals surface area contributed by atoms with Crippen LogP contribution < -0.4 is 0 Å². The van der Waals surface area contributed by atoms with Crippen LogP contribution in [0.3, 0.4) is 0 Å². The Morgan fingerprint density at radius 1 is 1.60 bits per heavy atom. The topological polar surface area (TPSA) is 60.7 Å². The van der Waals surface area contributed by atoms with Gasteiger partial charge in [-0.1, -0.05) is 5.21 Å². The van der Waals surface area contributed by atoms with Crippen LogP contribution >= 0.6 is 11.3 Å². The third kappa shape index (κ3) is 2.27. The van der Waals surface area contributed by atoms with E-state index in [2.05, 4.69) is 15.3 Å².